The normalized spacial score (nSPS) is 10.7. The average molecular weight is 300 g/mol. The Bertz CT molecular complexity index is 816. The van der Waals surface area contributed by atoms with Crippen molar-refractivity contribution in [2.45, 2.75) is 13.5 Å². The van der Waals surface area contributed by atoms with Gasteiger partial charge in [-0.1, -0.05) is 18.2 Å². The van der Waals surface area contributed by atoms with Crippen molar-refractivity contribution in [1.29, 1.82) is 0 Å². The number of rotatable bonds is 4. The minimum atomic E-state index is -1.11. The van der Waals surface area contributed by atoms with Gasteiger partial charge in [0.2, 0.25) is 0 Å². The van der Waals surface area contributed by atoms with E-state index >= 15 is 0 Å². The first-order valence-electron chi connectivity index (χ1n) is 6.29. The predicted molar refractivity (Wildman–Crippen MR) is 80.7 cm³/mol. The summed E-state index contributed by atoms with van der Waals surface area (Å²) in [4.78, 5) is 15.7. The highest BCUT2D eigenvalue weighted by Crippen LogP contribution is 2.25. The fourth-order valence-corrected chi connectivity index (χ4v) is 2.66. The Morgan fingerprint density at radius 2 is 2.14 bits per heavy atom. The Labute approximate surface area is 124 Å². The van der Waals surface area contributed by atoms with Crippen LogP contribution in [0.3, 0.4) is 0 Å². The molecular formula is C14H12N4O2S. The Hall–Kier alpha value is -2.54. The second kappa shape index (κ2) is 5.45. The predicted octanol–water partition coefficient (Wildman–Crippen LogP) is 2.71. The largest absolute Gasteiger partial charge is 0.476 e. The van der Waals surface area contributed by atoms with Crippen molar-refractivity contribution in [3.8, 4) is 0 Å². The molecule has 0 amide bonds. The molecule has 0 aliphatic carbocycles. The lowest BCUT2D eigenvalue weighted by Gasteiger charge is -2.10. The van der Waals surface area contributed by atoms with Crippen LogP contribution >= 0.6 is 11.3 Å². The molecule has 2 heterocycles. The molecule has 0 unspecified atom stereocenters. The van der Waals surface area contributed by atoms with Crippen LogP contribution in [-0.2, 0) is 6.54 Å². The lowest BCUT2D eigenvalue weighted by Crippen LogP contribution is -2.10. The lowest BCUT2D eigenvalue weighted by atomic mass is 10.1. The second-order valence-electron chi connectivity index (χ2n) is 4.46. The van der Waals surface area contributed by atoms with Crippen LogP contribution in [0.1, 0.15) is 21.2 Å². The molecule has 0 saturated carbocycles. The molecule has 3 rings (SSSR count). The maximum atomic E-state index is 11.3. The van der Waals surface area contributed by atoms with Gasteiger partial charge in [-0.3, -0.25) is 0 Å². The third kappa shape index (κ3) is 2.68. The number of aryl methyl sites for hydroxylation is 1. The fraction of sp³-hybridized carbons (Fsp3) is 0.143. The van der Waals surface area contributed by atoms with Crippen LogP contribution in [-0.4, -0.2) is 26.3 Å². The fourth-order valence-electron chi connectivity index (χ4n) is 2.05. The van der Waals surface area contributed by atoms with Crippen LogP contribution in [0, 0.1) is 6.92 Å². The van der Waals surface area contributed by atoms with Gasteiger partial charge < -0.3 is 10.4 Å². The van der Waals surface area contributed by atoms with E-state index in [4.69, 9.17) is 0 Å². The quantitative estimate of drug-likeness (QED) is 0.770. The van der Waals surface area contributed by atoms with Crippen LogP contribution in [0.2, 0.25) is 0 Å². The number of fused-ring (bicyclic) bond motifs is 1. The first kappa shape index (κ1) is 13.4. The van der Waals surface area contributed by atoms with E-state index in [1.54, 1.807) is 17.4 Å². The summed E-state index contributed by atoms with van der Waals surface area (Å²) in [6.07, 6.45) is 0. The molecule has 21 heavy (non-hydrogen) atoms. The summed E-state index contributed by atoms with van der Waals surface area (Å²) < 4.78 is 0. The molecule has 2 N–H and O–H groups in total. The Balaban J connectivity index is 2.01. The van der Waals surface area contributed by atoms with Crippen LogP contribution < -0.4 is 5.32 Å². The van der Waals surface area contributed by atoms with Gasteiger partial charge in [0.05, 0.1) is 28.5 Å². The first-order valence-corrected chi connectivity index (χ1v) is 7.16. The van der Waals surface area contributed by atoms with Crippen molar-refractivity contribution in [2.24, 2.45) is 0 Å². The number of carboxylic acids is 1. The number of nitrogens with zero attached hydrogens (tertiary/aromatic N) is 3. The van der Waals surface area contributed by atoms with Gasteiger partial charge in [-0.05, 0) is 13.0 Å². The zero-order valence-electron chi connectivity index (χ0n) is 11.2. The number of hydrogen-bond donors (Lipinski definition) is 2. The number of thiazole rings is 1. The van der Waals surface area contributed by atoms with Crippen molar-refractivity contribution < 1.29 is 9.90 Å². The van der Waals surface area contributed by atoms with Crippen molar-refractivity contribution in [2.75, 3.05) is 5.32 Å². The van der Waals surface area contributed by atoms with E-state index < -0.39 is 5.97 Å². The Kier molecular flexibility index (Phi) is 3.49. The first-order chi connectivity index (χ1) is 10.1. The molecule has 106 valence electrons. The van der Waals surface area contributed by atoms with Crippen LogP contribution in [0.5, 0.6) is 0 Å². The molecular weight excluding hydrogens is 288 g/mol. The zero-order chi connectivity index (χ0) is 14.8. The van der Waals surface area contributed by atoms with Gasteiger partial charge in [0.15, 0.2) is 5.69 Å². The average Bonchev–Trinajstić information content (AvgIpc) is 2.90. The summed E-state index contributed by atoms with van der Waals surface area (Å²) in [5, 5.41) is 23.8. The monoisotopic (exact) mass is 300 g/mol. The standard InChI is InChI=1S/C14H12N4O2S/c1-8-16-9(7-21-8)6-15-12-10-4-2-3-5-11(10)17-18-13(12)14(19)20/h2-5,7H,6H2,1H3,(H,15,17)(H,19,20). The number of carboxylic acid groups (broad SMARTS) is 1. The van der Waals surface area contributed by atoms with Gasteiger partial charge in [0.25, 0.3) is 0 Å². The SMILES string of the molecule is Cc1nc(CNc2c(C(=O)O)nnc3ccccc23)cs1. The van der Waals surface area contributed by atoms with E-state index in [2.05, 4.69) is 20.5 Å². The minimum absolute atomic E-state index is 0.0827. The number of aromatic carboxylic acids is 1. The molecule has 0 aliphatic heterocycles. The van der Waals surface area contributed by atoms with Crippen molar-refractivity contribution in [3.05, 3.63) is 46.0 Å². The number of nitrogens with one attached hydrogen (secondary N) is 1. The topological polar surface area (TPSA) is 88.0 Å². The molecule has 1 aromatic carbocycles. The number of anilines is 1. The highest BCUT2D eigenvalue weighted by molar-refractivity contribution is 7.09. The van der Waals surface area contributed by atoms with E-state index in [0.29, 0.717) is 17.7 Å². The maximum absolute atomic E-state index is 11.3. The number of benzene rings is 1. The van der Waals surface area contributed by atoms with E-state index in [-0.39, 0.29) is 5.69 Å². The Morgan fingerprint density at radius 3 is 2.86 bits per heavy atom. The molecule has 7 heteroatoms. The van der Waals surface area contributed by atoms with Crippen molar-refractivity contribution in [1.82, 2.24) is 15.2 Å². The molecule has 2 aromatic heterocycles. The smallest absolute Gasteiger partial charge is 0.358 e. The second-order valence-corrected chi connectivity index (χ2v) is 5.52. The van der Waals surface area contributed by atoms with E-state index in [1.807, 2.05) is 30.5 Å². The third-order valence-corrected chi connectivity index (χ3v) is 3.81. The number of aromatic nitrogens is 3. The van der Waals surface area contributed by atoms with Crippen LogP contribution in [0.25, 0.3) is 10.9 Å². The highest BCUT2D eigenvalue weighted by atomic mass is 32.1. The molecule has 0 saturated heterocycles. The van der Waals surface area contributed by atoms with E-state index in [0.717, 1.165) is 16.1 Å². The van der Waals surface area contributed by atoms with Gasteiger partial charge in [-0.25, -0.2) is 9.78 Å². The Morgan fingerprint density at radius 1 is 1.33 bits per heavy atom. The molecule has 0 bridgehead atoms. The summed E-state index contributed by atoms with van der Waals surface area (Å²) in [6.45, 7) is 2.38. The number of hydrogen-bond acceptors (Lipinski definition) is 6. The van der Waals surface area contributed by atoms with Crippen molar-refractivity contribution in [3.63, 3.8) is 0 Å². The third-order valence-electron chi connectivity index (χ3n) is 2.98. The summed E-state index contributed by atoms with van der Waals surface area (Å²) in [5.74, 6) is -1.11. The molecule has 0 radical (unpaired) electrons. The van der Waals surface area contributed by atoms with Gasteiger partial charge in [0, 0.05) is 10.8 Å². The zero-order valence-corrected chi connectivity index (χ0v) is 12.0. The lowest BCUT2D eigenvalue weighted by molar-refractivity contribution is 0.0690. The van der Waals surface area contributed by atoms with E-state index in [9.17, 15) is 9.90 Å². The van der Waals surface area contributed by atoms with Crippen LogP contribution in [0.15, 0.2) is 29.6 Å². The van der Waals surface area contributed by atoms with Crippen LogP contribution in [0.4, 0.5) is 5.69 Å². The highest BCUT2D eigenvalue weighted by Gasteiger charge is 2.16. The summed E-state index contributed by atoms with van der Waals surface area (Å²) >= 11 is 1.56. The summed E-state index contributed by atoms with van der Waals surface area (Å²) in [7, 11) is 0. The molecule has 0 aliphatic rings. The van der Waals surface area contributed by atoms with Gasteiger partial charge in [-0.15, -0.1) is 21.5 Å². The van der Waals surface area contributed by atoms with Gasteiger partial charge >= 0.3 is 5.97 Å². The van der Waals surface area contributed by atoms with Gasteiger partial charge in [-0.2, -0.15) is 0 Å². The molecule has 6 nitrogen and oxygen atoms in total. The van der Waals surface area contributed by atoms with Crippen molar-refractivity contribution >= 4 is 33.9 Å². The summed E-state index contributed by atoms with van der Waals surface area (Å²) in [6, 6.07) is 7.30. The van der Waals surface area contributed by atoms with Gasteiger partial charge in [0.1, 0.15) is 0 Å². The molecule has 0 fully saturated rings. The number of carbonyl (C=O) groups is 1. The minimum Gasteiger partial charge on any atom is -0.476 e. The molecule has 0 spiro atoms. The summed E-state index contributed by atoms with van der Waals surface area (Å²) in [5.41, 5.74) is 1.91. The van der Waals surface area contributed by atoms with E-state index in [1.165, 1.54) is 0 Å². The molecule has 3 aromatic rings. The maximum Gasteiger partial charge on any atom is 0.358 e. The molecule has 0 atom stereocenters.